The number of benzene rings is 3. The monoisotopic (exact) mass is 418 g/mol. The Morgan fingerprint density at radius 3 is 2.29 bits per heavy atom. The van der Waals surface area contributed by atoms with E-state index in [2.05, 4.69) is 66.1 Å². The summed E-state index contributed by atoms with van der Waals surface area (Å²) in [5, 5.41) is 6.98. The van der Waals surface area contributed by atoms with Crippen molar-refractivity contribution in [2.24, 2.45) is 0 Å². The maximum atomic E-state index is 5.85. The van der Waals surface area contributed by atoms with Gasteiger partial charge in [-0.15, -0.1) is 0 Å². The summed E-state index contributed by atoms with van der Waals surface area (Å²) in [4.78, 5) is 0. The molecule has 31 heavy (non-hydrogen) atoms. The van der Waals surface area contributed by atoms with Crippen LogP contribution in [0.2, 0.25) is 0 Å². The van der Waals surface area contributed by atoms with Gasteiger partial charge in [0.05, 0.1) is 0 Å². The van der Waals surface area contributed by atoms with E-state index < -0.39 is 0 Å². The van der Waals surface area contributed by atoms with Gasteiger partial charge in [-0.1, -0.05) is 61.5 Å². The molecule has 0 heterocycles. The first-order chi connectivity index (χ1) is 15.2. The summed E-state index contributed by atoms with van der Waals surface area (Å²) in [5.41, 5.74) is 4.89. The molecule has 3 aromatic carbocycles. The van der Waals surface area contributed by atoms with Crippen molar-refractivity contribution in [1.29, 1.82) is 0 Å². The largest absolute Gasteiger partial charge is 0.489 e. The molecule has 1 unspecified atom stereocenters. The Hall–Kier alpha value is -2.82. The SMILES string of the molecule is COCCCNCC(C)c1ccc(CNc2ccc(OCc3ccccc3)cc2)cc1. The van der Waals surface area contributed by atoms with Gasteiger partial charge in [0.15, 0.2) is 0 Å². The van der Waals surface area contributed by atoms with Crippen LogP contribution in [0.5, 0.6) is 5.75 Å². The zero-order chi connectivity index (χ0) is 21.7. The third-order valence-corrected chi connectivity index (χ3v) is 5.30. The molecule has 0 amide bonds. The Balaban J connectivity index is 1.40. The van der Waals surface area contributed by atoms with E-state index in [4.69, 9.17) is 9.47 Å². The van der Waals surface area contributed by atoms with E-state index in [-0.39, 0.29) is 0 Å². The molecule has 0 saturated heterocycles. The molecule has 0 radical (unpaired) electrons. The Morgan fingerprint density at radius 2 is 1.58 bits per heavy atom. The summed E-state index contributed by atoms with van der Waals surface area (Å²) in [6.45, 7) is 6.44. The fourth-order valence-corrected chi connectivity index (χ4v) is 3.36. The van der Waals surface area contributed by atoms with Crippen LogP contribution in [0, 0.1) is 0 Å². The van der Waals surface area contributed by atoms with Crippen LogP contribution in [0.15, 0.2) is 78.9 Å². The van der Waals surface area contributed by atoms with Crippen LogP contribution in [0.3, 0.4) is 0 Å². The average molecular weight is 419 g/mol. The molecule has 0 aromatic heterocycles. The number of hydrogen-bond acceptors (Lipinski definition) is 4. The minimum Gasteiger partial charge on any atom is -0.489 e. The smallest absolute Gasteiger partial charge is 0.119 e. The third-order valence-electron chi connectivity index (χ3n) is 5.30. The van der Waals surface area contributed by atoms with Crippen molar-refractivity contribution in [2.45, 2.75) is 32.4 Å². The molecule has 4 heteroatoms. The number of ether oxygens (including phenoxy) is 2. The van der Waals surface area contributed by atoms with Crippen LogP contribution < -0.4 is 15.4 Å². The normalized spacial score (nSPS) is 11.8. The minimum atomic E-state index is 0.494. The minimum absolute atomic E-state index is 0.494. The van der Waals surface area contributed by atoms with Crippen LogP contribution >= 0.6 is 0 Å². The van der Waals surface area contributed by atoms with E-state index in [9.17, 15) is 0 Å². The summed E-state index contributed by atoms with van der Waals surface area (Å²) >= 11 is 0. The molecule has 1 atom stereocenters. The van der Waals surface area contributed by atoms with Gasteiger partial charge in [-0.2, -0.15) is 0 Å². The number of methoxy groups -OCH3 is 1. The van der Waals surface area contributed by atoms with Gasteiger partial charge in [0, 0.05) is 32.5 Å². The lowest BCUT2D eigenvalue weighted by atomic mass is 9.99. The average Bonchev–Trinajstić information content (AvgIpc) is 2.83. The molecule has 0 aliphatic heterocycles. The van der Waals surface area contributed by atoms with Crippen molar-refractivity contribution in [1.82, 2.24) is 5.32 Å². The van der Waals surface area contributed by atoms with Gasteiger partial charge in [-0.25, -0.2) is 0 Å². The van der Waals surface area contributed by atoms with Crippen molar-refractivity contribution in [3.05, 3.63) is 95.6 Å². The highest BCUT2D eigenvalue weighted by atomic mass is 16.5. The topological polar surface area (TPSA) is 42.5 Å². The highest BCUT2D eigenvalue weighted by Gasteiger charge is 2.05. The van der Waals surface area contributed by atoms with Gasteiger partial charge in [-0.3, -0.25) is 0 Å². The maximum absolute atomic E-state index is 5.85. The van der Waals surface area contributed by atoms with Gasteiger partial charge >= 0.3 is 0 Å². The molecule has 0 aliphatic rings. The summed E-state index contributed by atoms with van der Waals surface area (Å²) in [6.07, 6.45) is 1.05. The lowest BCUT2D eigenvalue weighted by molar-refractivity contribution is 0.194. The summed E-state index contributed by atoms with van der Waals surface area (Å²) < 4.78 is 10.9. The van der Waals surface area contributed by atoms with Gasteiger partial charge < -0.3 is 20.1 Å². The number of anilines is 1. The fraction of sp³-hybridized carbons (Fsp3) is 0.333. The lowest BCUT2D eigenvalue weighted by Gasteiger charge is -2.14. The van der Waals surface area contributed by atoms with E-state index >= 15 is 0 Å². The summed E-state index contributed by atoms with van der Waals surface area (Å²) in [6, 6.07) is 27.2. The zero-order valence-electron chi connectivity index (χ0n) is 18.6. The molecule has 0 fully saturated rings. The number of nitrogens with one attached hydrogen (secondary N) is 2. The zero-order valence-corrected chi connectivity index (χ0v) is 18.6. The number of rotatable bonds is 13. The standard InChI is InChI=1S/C27H34N2O2/c1-22(19-28-17-6-18-30-2)25-11-9-23(10-12-25)20-29-26-13-15-27(16-14-26)31-21-24-7-4-3-5-8-24/h3-5,7-16,22,28-29H,6,17-21H2,1-2H3. The van der Waals surface area contributed by atoms with Crippen molar-refractivity contribution in [3.8, 4) is 5.75 Å². The van der Waals surface area contributed by atoms with Crippen molar-refractivity contribution in [3.63, 3.8) is 0 Å². The van der Waals surface area contributed by atoms with Crippen molar-refractivity contribution in [2.75, 3.05) is 32.1 Å². The van der Waals surface area contributed by atoms with Crippen LogP contribution in [0.25, 0.3) is 0 Å². The van der Waals surface area contributed by atoms with Crippen LogP contribution in [-0.2, 0) is 17.9 Å². The quantitative estimate of drug-likeness (QED) is 0.354. The van der Waals surface area contributed by atoms with E-state index in [1.54, 1.807) is 7.11 Å². The van der Waals surface area contributed by atoms with Gasteiger partial charge in [0.25, 0.3) is 0 Å². The maximum Gasteiger partial charge on any atom is 0.119 e. The summed E-state index contributed by atoms with van der Waals surface area (Å²) in [5.74, 6) is 1.37. The molecule has 0 spiro atoms. The molecular formula is C27H34N2O2. The Bertz CT molecular complexity index is 864. The second-order valence-corrected chi connectivity index (χ2v) is 7.85. The van der Waals surface area contributed by atoms with Crippen LogP contribution in [0.1, 0.15) is 36.0 Å². The number of hydrogen-bond donors (Lipinski definition) is 2. The van der Waals surface area contributed by atoms with E-state index in [0.717, 1.165) is 44.1 Å². The van der Waals surface area contributed by atoms with E-state index in [1.807, 2.05) is 30.3 Å². The Morgan fingerprint density at radius 1 is 0.839 bits per heavy atom. The molecule has 3 rings (SSSR count). The predicted molar refractivity (Wildman–Crippen MR) is 129 cm³/mol. The first-order valence-corrected chi connectivity index (χ1v) is 11.0. The lowest BCUT2D eigenvalue weighted by Crippen LogP contribution is -2.22. The first-order valence-electron chi connectivity index (χ1n) is 11.0. The second kappa shape index (κ2) is 12.8. The van der Waals surface area contributed by atoms with Crippen molar-refractivity contribution < 1.29 is 9.47 Å². The van der Waals surface area contributed by atoms with Gasteiger partial charge in [0.2, 0.25) is 0 Å². The second-order valence-electron chi connectivity index (χ2n) is 7.85. The Labute approximate surface area is 186 Å². The highest BCUT2D eigenvalue weighted by molar-refractivity contribution is 5.47. The third kappa shape index (κ3) is 8.08. The van der Waals surface area contributed by atoms with E-state index in [0.29, 0.717) is 12.5 Å². The fourth-order valence-electron chi connectivity index (χ4n) is 3.36. The molecule has 4 nitrogen and oxygen atoms in total. The highest BCUT2D eigenvalue weighted by Crippen LogP contribution is 2.19. The van der Waals surface area contributed by atoms with Gasteiger partial charge in [0.1, 0.15) is 12.4 Å². The van der Waals surface area contributed by atoms with Crippen LogP contribution in [-0.4, -0.2) is 26.8 Å². The summed E-state index contributed by atoms with van der Waals surface area (Å²) in [7, 11) is 1.75. The molecule has 164 valence electrons. The molecule has 0 bridgehead atoms. The predicted octanol–water partition coefficient (Wildman–Crippen LogP) is 5.61. The molecule has 0 aliphatic carbocycles. The van der Waals surface area contributed by atoms with Gasteiger partial charge in [-0.05, 0) is 59.8 Å². The molecule has 3 aromatic rings. The molecule has 2 N–H and O–H groups in total. The molecular weight excluding hydrogens is 384 g/mol. The first kappa shape index (κ1) is 22.9. The van der Waals surface area contributed by atoms with Crippen molar-refractivity contribution >= 4 is 5.69 Å². The van der Waals surface area contributed by atoms with Crippen LogP contribution in [0.4, 0.5) is 5.69 Å². The Kier molecular flexibility index (Phi) is 9.42. The van der Waals surface area contributed by atoms with E-state index in [1.165, 1.54) is 16.7 Å². The molecule has 0 saturated carbocycles.